The molecule has 5 nitrogen and oxygen atoms in total. The molecule has 0 atom stereocenters. The maximum atomic E-state index is 11.6. The molecule has 110 valence electrons. The Morgan fingerprint density at radius 2 is 1.95 bits per heavy atom. The lowest BCUT2D eigenvalue weighted by Crippen LogP contribution is -2.36. The molecule has 0 fully saturated rings. The van der Waals surface area contributed by atoms with Crippen LogP contribution in [0.15, 0.2) is 41.0 Å². The topological polar surface area (TPSA) is 71.3 Å². The molecule has 0 radical (unpaired) electrons. The minimum atomic E-state index is -0.445. The number of hydrogen-bond donors (Lipinski definition) is 2. The van der Waals surface area contributed by atoms with E-state index in [1.54, 1.807) is 24.3 Å². The molecule has 0 aliphatic heterocycles. The zero-order chi connectivity index (χ0) is 15.2. The van der Waals surface area contributed by atoms with Gasteiger partial charge in [-0.25, -0.2) is 0 Å². The second-order valence-corrected chi connectivity index (χ2v) is 5.02. The largest absolute Gasteiger partial charge is 0.459 e. The van der Waals surface area contributed by atoms with Gasteiger partial charge >= 0.3 is 0 Å². The summed E-state index contributed by atoms with van der Waals surface area (Å²) in [6.07, 6.45) is 1.39. The zero-order valence-electron chi connectivity index (χ0n) is 10.9. The fraction of sp³-hybridized carbons (Fsp3) is 0.143. The number of carbonyl (C=O) groups excluding carboxylic acids is 2. The Kier molecular flexibility index (Phi) is 5.25. The molecule has 2 amide bonds. The molecule has 1 aromatic heterocycles. The average molecular weight is 327 g/mol. The Morgan fingerprint density at radius 3 is 2.62 bits per heavy atom. The predicted molar refractivity (Wildman–Crippen MR) is 79.3 cm³/mol. The first kappa shape index (κ1) is 15.4. The number of carbonyl (C=O) groups is 2. The Labute approximate surface area is 131 Å². The number of nitrogens with one attached hydrogen (secondary N) is 2. The highest BCUT2D eigenvalue weighted by Gasteiger charge is 2.10. The molecule has 0 saturated heterocycles. The summed E-state index contributed by atoms with van der Waals surface area (Å²) in [7, 11) is 0. The molecule has 0 saturated carbocycles. The van der Waals surface area contributed by atoms with Crippen LogP contribution in [0.1, 0.15) is 16.1 Å². The zero-order valence-corrected chi connectivity index (χ0v) is 12.4. The van der Waals surface area contributed by atoms with E-state index in [-0.39, 0.29) is 24.8 Å². The summed E-state index contributed by atoms with van der Waals surface area (Å²) in [5.74, 6) is -0.621. The van der Waals surface area contributed by atoms with Crippen LogP contribution in [0.25, 0.3) is 0 Å². The minimum absolute atomic E-state index is 0.148. The van der Waals surface area contributed by atoms with E-state index < -0.39 is 5.91 Å². The number of rotatable bonds is 5. The first-order valence-corrected chi connectivity index (χ1v) is 6.84. The average Bonchev–Trinajstić information content (AvgIpc) is 2.98. The van der Waals surface area contributed by atoms with E-state index in [1.165, 1.54) is 12.3 Å². The molecule has 2 rings (SSSR count). The Balaban J connectivity index is 1.78. The molecule has 0 aliphatic carbocycles. The summed E-state index contributed by atoms with van der Waals surface area (Å²) in [6.45, 7) is 0.107. The molecule has 0 aliphatic rings. The van der Waals surface area contributed by atoms with E-state index in [0.717, 1.165) is 5.56 Å². The van der Waals surface area contributed by atoms with E-state index in [2.05, 4.69) is 10.6 Å². The summed E-state index contributed by atoms with van der Waals surface area (Å²) in [4.78, 5) is 23.2. The standard InChI is InChI=1S/C14H12Cl2N2O3/c15-10-4-3-9(11(16)6-10)7-17-13(19)8-18-14(20)12-2-1-5-21-12/h1-6H,7-8H2,(H,17,19)(H,18,20). The van der Waals surface area contributed by atoms with Crippen molar-refractivity contribution < 1.29 is 14.0 Å². The van der Waals surface area contributed by atoms with Crippen molar-refractivity contribution in [2.24, 2.45) is 0 Å². The van der Waals surface area contributed by atoms with Gasteiger partial charge in [-0.15, -0.1) is 0 Å². The third kappa shape index (κ3) is 4.51. The fourth-order valence-corrected chi connectivity index (χ4v) is 2.05. The van der Waals surface area contributed by atoms with Crippen molar-refractivity contribution in [2.45, 2.75) is 6.54 Å². The monoisotopic (exact) mass is 326 g/mol. The molecular weight excluding hydrogens is 315 g/mol. The molecule has 1 heterocycles. The van der Waals surface area contributed by atoms with Gasteiger partial charge < -0.3 is 15.1 Å². The fourth-order valence-electron chi connectivity index (χ4n) is 1.58. The molecule has 7 heteroatoms. The van der Waals surface area contributed by atoms with Crippen LogP contribution < -0.4 is 10.6 Å². The van der Waals surface area contributed by atoms with Crippen molar-refractivity contribution in [3.63, 3.8) is 0 Å². The van der Waals surface area contributed by atoms with E-state index >= 15 is 0 Å². The Hall–Kier alpha value is -1.98. The van der Waals surface area contributed by atoms with E-state index in [0.29, 0.717) is 10.0 Å². The highest BCUT2D eigenvalue weighted by molar-refractivity contribution is 6.35. The van der Waals surface area contributed by atoms with Crippen molar-refractivity contribution in [1.82, 2.24) is 10.6 Å². The van der Waals surface area contributed by atoms with Crippen LogP contribution in [-0.2, 0) is 11.3 Å². The van der Waals surface area contributed by atoms with Gasteiger partial charge in [-0.1, -0.05) is 29.3 Å². The number of benzene rings is 1. The second kappa shape index (κ2) is 7.15. The summed E-state index contributed by atoms with van der Waals surface area (Å²) < 4.78 is 4.91. The number of amides is 2. The predicted octanol–water partition coefficient (Wildman–Crippen LogP) is 2.63. The molecule has 0 unspecified atom stereocenters. The van der Waals surface area contributed by atoms with E-state index in [9.17, 15) is 9.59 Å². The van der Waals surface area contributed by atoms with Crippen molar-refractivity contribution in [1.29, 1.82) is 0 Å². The van der Waals surface area contributed by atoms with Crippen LogP contribution in [0.2, 0.25) is 10.0 Å². The van der Waals surface area contributed by atoms with E-state index in [4.69, 9.17) is 27.6 Å². The SMILES string of the molecule is O=C(CNC(=O)c1ccco1)NCc1ccc(Cl)cc1Cl. The van der Waals surface area contributed by atoms with Crippen molar-refractivity contribution in [3.05, 3.63) is 58.0 Å². The van der Waals surface area contributed by atoms with Gasteiger partial charge in [0.25, 0.3) is 5.91 Å². The Morgan fingerprint density at radius 1 is 1.14 bits per heavy atom. The highest BCUT2D eigenvalue weighted by Crippen LogP contribution is 2.20. The van der Waals surface area contributed by atoms with Gasteiger partial charge in [0.1, 0.15) is 0 Å². The molecule has 21 heavy (non-hydrogen) atoms. The lowest BCUT2D eigenvalue weighted by atomic mass is 10.2. The normalized spacial score (nSPS) is 10.2. The van der Waals surface area contributed by atoms with E-state index in [1.807, 2.05) is 0 Å². The van der Waals surface area contributed by atoms with Gasteiger partial charge in [-0.3, -0.25) is 9.59 Å². The molecule has 0 spiro atoms. The van der Waals surface area contributed by atoms with Gasteiger partial charge in [0.2, 0.25) is 5.91 Å². The van der Waals surface area contributed by atoms with Crippen LogP contribution in [0, 0.1) is 0 Å². The lowest BCUT2D eigenvalue weighted by Gasteiger charge is -2.08. The van der Waals surface area contributed by atoms with Gasteiger partial charge in [-0.05, 0) is 29.8 Å². The van der Waals surface area contributed by atoms with Gasteiger partial charge in [-0.2, -0.15) is 0 Å². The van der Waals surface area contributed by atoms with Gasteiger partial charge in [0.05, 0.1) is 12.8 Å². The quantitative estimate of drug-likeness (QED) is 0.887. The first-order valence-electron chi connectivity index (χ1n) is 6.08. The highest BCUT2D eigenvalue weighted by atomic mass is 35.5. The number of halogens is 2. The van der Waals surface area contributed by atoms with Crippen LogP contribution in [-0.4, -0.2) is 18.4 Å². The maximum Gasteiger partial charge on any atom is 0.287 e. The maximum absolute atomic E-state index is 11.6. The van der Waals surface area contributed by atoms with Crippen LogP contribution >= 0.6 is 23.2 Å². The third-order valence-corrected chi connectivity index (χ3v) is 3.23. The van der Waals surface area contributed by atoms with Crippen molar-refractivity contribution >= 4 is 35.0 Å². The second-order valence-electron chi connectivity index (χ2n) is 4.17. The van der Waals surface area contributed by atoms with Crippen LogP contribution in [0.3, 0.4) is 0 Å². The minimum Gasteiger partial charge on any atom is -0.459 e. The van der Waals surface area contributed by atoms with Crippen molar-refractivity contribution in [2.75, 3.05) is 6.54 Å². The van der Waals surface area contributed by atoms with Gasteiger partial charge in [0, 0.05) is 16.6 Å². The smallest absolute Gasteiger partial charge is 0.287 e. The summed E-state index contributed by atoms with van der Waals surface area (Å²) in [5.41, 5.74) is 0.742. The molecule has 2 N–H and O–H groups in total. The Bertz CT molecular complexity index is 642. The summed E-state index contributed by atoms with van der Waals surface area (Å²) >= 11 is 11.8. The summed E-state index contributed by atoms with van der Waals surface area (Å²) in [5, 5.41) is 6.10. The van der Waals surface area contributed by atoms with Crippen LogP contribution in [0.4, 0.5) is 0 Å². The molecule has 0 bridgehead atoms. The third-order valence-electron chi connectivity index (χ3n) is 2.65. The number of hydrogen-bond acceptors (Lipinski definition) is 3. The number of furan rings is 1. The van der Waals surface area contributed by atoms with Gasteiger partial charge in [0.15, 0.2) is 5.76 Å². The molecule has 2 aromatic rings. The molecule has 1 aromatic carbocycles. The first-order chi connectivity index (χ1) is 10.1. The lowest BCUT2D eigenvalue weighted by molar-refractivity contribution is -0.120. The molecular formula is C14H12Cl2N2O3. The summed E-state index contributed by atoms with van der Waals surface area (Å²) in [6, 6.07) is 8.13. The van der Waals surface area contributed by atoms with Crippen molar-refractivity contribution in [3.8, 4) is 0 Å². The van der Waals surface area contributed by atoms with Crippen LogP contribution in [0.5, 0.6) is 0 Å².